The number of hydrogen-bond donors (Lipinski definition) is 1. The van der Waals surface area contributed by atoms with Crippen molar-refractivity contribution in [2.45, 2.75) is 13.2 Å². The van der Waals surface area contributed by atoms with Gasteiger partial charge in [-0.3, -0.25) is 4.79 Å². The van der Waals surface area contributed by atoms with Crippen LogP contribution in [-0.4, -0.2) is 18.0 Å². The second-order valence-corrected chi connectivity index (χ2v) is 6.16. The lowest BCUT2D eigenvalue weighted by Gasteiger charge is -2.12. The van der Waals surface area contributed by atoms with Gasteiger partial charge in [-0.25, -0.2) is 9.37 Å². The third kappa shape index (κ3) is 4.58. The molecule has 0 atom stereocenters. The fourth-order valence-electron chi connectivity index (χ4n) is 2.28. The number of amides is 1. The number of carbonyl (C=O) groups is 1. The Morgan fingerprint density at radius 2 is 2.00 bits per heavy atom. The van der Waals surface area contributed by atoms with Crippen LogP contribution in [0.5, 0.6) is 11.5 Å². The summed E-state index contributed by atoms with van der Waals surface area (Å²) in [5, 5.41) is 4.70. The molecule has 1 N–H and O–H groups in total. The maximum Gasteiger partial charge on any atom is 0.251 e. The molecule has 0 aliphatic carbocycles. The number of halogens is 1. The van der Waals surface area contributed by atoms with Gasteiger partial charge >= 0.3 is 0 Å². The van der Waals surface area contributed by atoms with Crippen LogP contribution >= 0.6 is 11.3 Å². The molecule has 0 unspecified atom stereocenters. The summed E-state index contributed by atoms with van der Waals surface area (Å²) in [6, 6.07) is 11.0. The fourth-order valence-corrected chi connectivity index (χ4v) is 2.82. The molecule has 7 heteroatoms. The van der Waals surface area contributed by atoms with Crippen molar-refractivity contribution in [3.8, 4) is 11.5 Å². The van der Waals surface area contributed by atoms with E-state index in [1.54, 1.807) is 35.8 Å². The maximum absolute atomic E-state index is 12.9. The maximum atomic E-state index is 12.9. The minimum Gasteiger partial charge on any atom is -0.493 e. The van der Waals surface area contributed by atoms with Gasteiger partial charge in [0.2, 0.25) is 0 Å². The van der Waals surface area contributed by atoms with Crippen LogP contribution in [0, 0.1) is 5.82 Å². The zero-order valence-electron chi connectivity index (χ0n) is 14.1. The van der Waals surface area contributed by atoms with E-state index in [2.05, 4.69) is 10.3 Å². The predicted molar refractivity (Wildman–Crippen MR) is 97.0 cm³/mol. The number of nitrogens with zero attached hydrogens (tertiary/aromatic N) is 1. The first-order chi connectivity index (χ1) is 12.7. The van der Waals surface area contributed by atoms with Crippen LogP contribution in [0.2, 0.25) is 0 Å². The number of benzene rings is 2. The molecule has 1 aromatic heterocycles. The SMILES string of the molecule is COc1cc(C(=O)NCc2ccc(F)cc2)ccc1OCc1cscn1. The normalized spacial score (nSPS) is 10.4. The lowest BCUT2D eigenvalue weighted by atomic mass is 10.1. The molecule has 5 nitrogen and oxygen atoms in total. The van der Waals surface area contributed by atoms with E-state index < -0.39 is 0 Å². The number of rotatable bonds is 7. The Kier molecular flexibility index (Phi) is 5.80. The molecule has 0 aliphatic rings. The molecule has 1 heterocycles. The van der Waals surface area contributed by atoms with E-state index in [0.717, 1.165) is 11.3 Å². The Morgan fingerprint density at radius 3 is 2.69 bits per heavy atom. The largest absolute Gasteiger partial charge is 0.493 e. The first-order valence-corrected chi connectivity index (χ1v) is 8.80. The number of nitrogens with one attached hydrogen (secondary N) is 1. The molecule has 2 aromatic carbocycles. The summed E-state index contributed by atoms with van der Waals surface area (Å²) in [5.74, 6) is 0.446. The van der Waals surface area contributed by atoms with Crippen LogP contribution in [0.15, 0.2) is 53.4 Å². The van der Waals surface area contributed by atoms with Gasteiger partial charge in [0, 0.05) is 17.5 Å². The van der Waals surface area contributed by atoms with Gasteiger partial charge < -0.3 is 14.8 Å². The molecule has 134 valence electrons. The van der Waals surface area contributed by atoms with E-state index in [0.29, 0.717) is 30.2 Å². The summed E-state index contributed by atoms with van der Waals surface area (Å²) >= 11 is 1.50. The second-order valence-electron chi connectivity index (χ2n) is 5.44. The van der Waals surface area contributed by atoms with Gasteiger partial charge in [0.05, 0.1) is 18.3 Å². The Labute approximate surface area is 154 Å². The van der Waals surface area contributed by atoms with Crippen molar-refractivity contribution >= 4 is 17.2 Å². The minimum absolute atomic E-state index is 0.251. The second kappa shape index (κ2) is 8.44. The standard InChI is InChI=1S/C19H17FN2O3S/c1-24-18-8-14(4-7-17(18)25-10-16-11-26-12-22-16)19(23)21-9-13-2-5-15(20)6-3-13/h2-8,11-12H,9-10H2,1H3,(H,21,23). The zero-order chi connectivity index (χ0) is 18.4. The zero-order valence-corrected chi connectivity index (χ0v) is 14.9. The molecule has 26 heavy (non-hydrogen) atoms. The van der Waals surface area contributed by atoms with Crippen LogP contribution < -0.4 is 14.8 Å². The Morgan fingerprint density at radius 1 is 1.19 bits per heavy atom. The van der Waals surface area contributed by atoms with E-state index in [1.165, 1.54) is 30.6 Å². The van der Waals surface area contributed by atoms with E-state index >= 15 is 0 Å². The average molecular weight is 372 g/mol. The fraction of sp³-hybridized carbons (Fsp3) is 0.158. The van der Waals surface area contributed by atoms with Crippen molar-refractivity contribution in [2.75, 3.05) is 7.11 Å². The average Bonchev–Trinajstić information content (AvgIpc) is 3.19. The molecule has 0 saturated heterocycles. The lowest BCUT2D eigenvalue weighted by molar-refractivity contribution is 0.0950. The number of aromatic nitrogens is 1. The first-order valence-electron chi connectivity index (χ1n) is 7.86. The molecule has 0 fully saturated rings. The summed E-state index contributed by atoms with van der Waals surface area (Å²) in [6.07, 6.45) is 0. The summed E-state index contributed by atoms with van der Waals surface area (Å²) in [4.78, 5) is 16.5. The molecular weight excluding hydrogens is 355 g/mol. The highest BCUT2D eigenvalue weighted by atomic mass is 32.1. The topological polar surface area (TPSA) is 60.5 Å². The van der Waals surface area contributed by atoms with Crippen LogP contribution in [0.4, 0.5) is 4.39 Å². The smallest absolute Gasteiger partial charge is 0.251 e. The van der Waals surface area contributed by atoms with E-state index in [-0.39, 0.29) is 11.7 Å². The van der Waals surface area contributed by atoms with Gasteiger partial charge in [-0.2, -0.15) is 0 Å². The monoisotopic (exact) mass is 372 g/mol. The van der Waals surface area contributed by atoms with Crippen LogP contribution in [0.1, 0.15) is 21.6 Å². The molecular formula is C19H17FN2O3S. The van der Waals surface area contributed by atoms with Crippen molar-refractivity contribution < 1.29 is 18.7 Å². The molecule has 0 aliphatic heterocycles. The number of ether oxygens (including phenoxy) is 2. The highest BCUT2D eigenvalue weighted by Crippen LogP contribution is 2.28. The first kappa shape index (κ1) is 17.9. The molecule has 3 rings (SSSR count). The highest BCUT2D eigenvalue weighted by molar-refractivity contribution is 7.07. The Balaban J connectivity index is 1.63. The van der Waals surface area contributed by atoms with Crippen molar-refractivity contribution in [3.05, 3.63) is 76.0 Å². The third-order valence-electron chi connectivity index (χ3n) is 3.65. The van der Waals surface area contributed by atoms with Gasteiger partial charge in [0.15, 0.2) is 11.5 Å². The predicted octanol–water partition coefficient (Wildman–Crippen LogP) is 3.80. The van der Waals surface area contributed by atoms with E-state index in [4.69, 9.17) is 9.47 Å². The van der Waals surface area contributed by atoms with Crippen molar-refractivity contribution in [3.63, 3.8) is 0 Å². The van der Waals surface area contributed by atoms with Gasteiger partial charge in [-0.1, -0.05) is 12.1 Å². The highest BCUT2D eigenvalue weighted by Gasteiger charge is 2.12. The molecule has 0 spiro atoms. The van der Waals surface area contributed by atoms with Crippen molar-refractivity contribution in [1.82, 2.24) is 10.3 Å². The molecule has 0 radical (unpaired) electrons. The molecule has 0 bridgehead atoms. The van der Waals surface area contributed by atoms with E-state index in [9.17, 15) is 9.18 Å². The number of hydrogen-bond acceptors (Lipinski definition) is 5. The third-order valence-corrected chi connectivity index (χ3v) is 4.29. The minimum atomic E-state index is -0.307. The Bertz CT molecular complexity index is 867. The number of thiazole rings is 1. The van der Waals surface area contributed by atoms with Gasteiger partial charge in [0.1, 0.15) is 12.4 Å². The van der Waals surface area contributed by atoms with Gasteiger partial charge in [-0.05, 0) is 35.9 Å². The summed E-state index contributed by atoms with van der Waals surface area (Å²) < 4.78 is 23.9. The van der Waals surface area contributed by atoms with Gasteiger partial charge in [0.25, 0.3) is 5.91 Å². The summed E-state index contributed by atoms with van der Waals surface area (Å²) in [5.41, 5.74) is 3.84. The molecule has 3 aromatic rings. The Hall–Kier alpha value is -2.93. The number of carbonyl (C=O) groups excluding carboxylic acids is 1. The van der Waals surface area contributed by atoms with Crippen molar-refractivity contribution in [2.24, 2.45) is 0 Å². The van der Waals surface area contributed by atoms with Crippen LogP contribution in [-0.2, 0) is 13.2 Å². The van der Waals surface area contributed by atoms with Crippen LogP contribution in [0.25, 0.3) is 0 Å². The molecule has 0 saturated carbocycles. The summed E-state index contributed by atoms with van der Waals surface area (Å²) in [7, 11) is 1.52. The quantitative estimate of drug-likeness (QED) is 0.685. The van der Waals surface area contributed by atoms with Gasteiger partial charge in [-0.15, -0.1) is 11.3 Å². The van der Waals surface area contributed by atoms with Crippen LogP contribution in [0.3, 0.4) is 0 Å². The van der Waals surface area contributed by atoms with E-state index in [1.807, 2.05) is 5.38 Å². The number of methoxy groups -OCH3 is 1. The van der Waals surface area contributed by atoms with Crippen molar-refractivity contribution in [1.29, 1.82) is 0 Å². The lowest BCUT2D eigenvalue weighted by Crippen LogP contribution is -2.22. The molecule has 1 amide bonds. The summed E-state index contributed by atoms with van der Waals surface area (Å²) in [6.45, 7) is 0.638.